The Kier molecular flexibility index (Phi) is 4.81. The van der Waals surface area contributed by atoms with Gasteiger partial charge in [-0.2, -0.15) is 0 Å². The molecule has 2 rings (SSSR count). The highest BCUT2D eigenvalue weighted by Crippen LogP contribution is 2.37. The van der Waals surface area contributed by atoms with Crippen LogP contribution < -0.4 is 11.3 Å². The van der Waals surface area contributed by atoms with Crippen LogP contribution in [0.2, 0.25) is 0 Å². The van der Waals surface area contributed by atoms with E-state index in [4.69, 9.17) is 10.5 Å². The molecule has 0 amide bonds. The summed E-state index contributed by atoms with van der Waals surface area (Å²) in [6.45, 7) is 4.50. The van der Waals surface area contributed by atoms with Crippen molar-refractivity contribution in [2.24, 2.45) is 0 Å². The monoisotopic (exact) mass is 279 g/mol. The normalized spacial score (nSPS) is 18.7. The van der Waals surface area contributed by atoms with Crippen molar-refractivity contribution >= 4 is 5.82 Å². The van der Waals surface area contributed by atoms with E-state index in [0.717, 1.165) is 25.7 Å². The SMILES string of the molecule is CCOC1(c2nc(N)c(CC)c(=O)[nH]2)CCCCCC1. The van der Waals surface area contributed by atoms with Gasteiger partial charge in [0.25, 0.3) is 5.56 Å². The number of ether oxygens (including phenoxy) is 1. The molecule has 0 unspecified atom stereocenters. The van der Waals surface area contributed by atoms with Gasteiger partial charge in [0.05, 0.1) is 5.56 Å². The molecule has 112 valence electrons. The van der Waals surface area contributed by atoms with E-state index in [2.05, 4.69) is 9.97 Å². The Morgan fingerprint density at radius 1 is 1.25 bits per heavy atom. The molecule has 0 aliphatic heterocycles. The first-order valence-electron chi connectivity index (χ1n) is 7.66. The summed E-state index contributed by atoms with van der Waals surface area (Å²) in [5, 5.41) is 0. The molecule has 0 radical (unpaired) electrons. The lowest BCUT2D eigenvalue weighted by Crippen LogP contribution is -2.35. The molecule has 20 heavy (non-hydrogen) atoms. The quantitative estimate of drug-likeness (QED) is 0.830. The summed E-state index contributed by atoms with van der Waals surface area (Å²) in [4.78, 5) is 19.5. The second kappa shape index (κ2) is 6.39. The average Bonchev–Trinajstić information content (AvgIpc) is 2.65. The number of hydrogen-bond acceptors (Lipinski definition) is 4. The van der Waals surface area contributed by atoms with Gasteiger partial charge in [0.2, 0.25) is 0 Å². The summed E-state index contributed by atoms with van der Waals surface area (Å²) in [6, 6.07) is 0. The van der Waals surface area contributed by atoms with Crippen LogP contribution in [0.3, 0.4) is 0 Å². The fourth-order valence-corrected chi connectivity index (χ4v) is 3.10. The Morgan fingerprint density at radius 3 is 2.40 bits per heavy atom. The van der Waals surface area contributed by atoms with Gasteiger partial charge in [-0.1, -0.05) is 32.6 Å². The Bertz CT molecular complexity index is 502. The van der Waals surface area contributed by atoms with Crippen LogP contribution in [0.4, 0.5) is 5.82 Å². The zero-order chi connectivity index (χ0) is 14.6. The Morgan fingerprint density at radius 2 is 1.90 bits per heavy atom. The van der Waals surface area contributed by atoms with Crippen molar-refractivity contribution in [3.63, 3.8) is 0 Å². The average molecular weight is 279 g/mol. The number of nitrogen functional groups attached to an aromatic ring is 1. The van der Waals surface area contributed by atoms with Gasteiger partial charge in [-0.25, -0.2) is 4.98 Å². The minimum Gasteiger partial charge on any atom is -0.383 e. The van der Waals surface area contributed by atoms with Crippen LogP contribution in [-0.2, 0) is 16.8 Å². The molecule has 0 bridgehead atoms. The van der Waals surface area contributed by atoms with Crippen molar-refractivity contribution in [2.45, 2.75) is 64.4 Å². The van der Waals surface area contributed by atoms with Crippen molar-refractivity contribution in [2.75, 3.05) is 12.3 Å². The highest BCUT2D eigenvalue weighted by atomic mass is 16.5. The van der Waals surface area contributed by atoms with E-state index in [1.54, 1.807) is 0 Å². The smallest absolute Gasteiger partial charge is 0.256 e. The maximum Gasteiger partial charge on any atom is 0.256 e. The molecule has 3 N–H and O–H groups in total. The number of nitrogens with one attached hydrogen (secondary N) is 1. The molecule has 1 aliphatic rings. The van der Waals surface area contributed by atoms with E-state index in [0.29, 0.717) is 30.2 Å². The predicted molar refractivity (Wildman–Crippen MR) is 79.7 cm³/mol. The van der Waals surface area contributed by atoms with Crippen molar-refractivity contribution in [3.05, 3.63) is 21.7 Å². The van der Waals surface area contributed by atoms with Gasteiger partial charge >= 0.3 is 0 Å². The first-order chi connectivity index (χ1) is 9.63. The first kappa shape index (κ1) is 15.0. The standard InChI is InChI=1S/C15H25N3O2/c1-3-11-12(16)17-14(18-13(11)19)15(20-4-2)9-7-5-6-8-10-15/h3-10H2,1-2H3,(H3,16,17,18,19). The topological polar surface area (TPSA) is 81.0 Å². The van der Waals surface area contributed by atoms with Crippen LogP contribution in [0, 0.1) is 0 Å². The molecule has 1 saturated carbocycles. The number of nitrogens with zero attached hydrogens (tertiary/aromatic N) is 1. The van der Waals surface area contributed by atoms with Crippen LogP contribution in [0.5, 0.6) is 0 Å². The molecular weight excluding hydrogens is 254 g/mol. The molecule has 0 saturated heterocycles. The fraction of sp³-hybridized carbons (Fsp3) is 0.733. The minimum absolute atomic E-state index is 0.127. The summed E-state index contributed by atoms with van der Waals surface area (Å²) < 4.78 is 6.03. The Balaban J connectivity index is 2.46. The molecule has 1 aromatic heterocycles. The third-order valence-corrected chi connectivity index (χ3v) is 4.16. The zero-order valence-corrected chi connectivity index (χ0v) is 12.5. The van der Waals surface area contributed by atoms with Crippen molar-refractivity contribution in [1.82, 2.24) is 9.97 Å². The predicted octanol–water partition coefficient (Wildman–Crippen LogP) is 2.50. The second-order valence-corrected chi connectivity index (χ2v) is 5.47. The highest BCUT2D eigenvalue weighted by Gasteiger charge is 2.36. The lowest BCUT2D eigenvalue weighted by atomic mass is 9.92. The number of aromatic amines is 1. The van der Waals surface area contributed by atoms with E-state index >= 15 is 0 Å². The Hall–Kier alpha value is -1.36. The lowest BCUT2D eigenvalue weighted by Gasteiger charge is -2.31. The van der Waals surface area contributed by atoms with Gasteiger partial charge in [0.1, 0.15) is 17.2 Å². The van der Waals surface area contributed by atoms with Crippen LogP contribution >= 0.6 is 0 Å². The van der Waals surface area contributed by atoms with Crippen LogP contribution in [0.25, 0.3) is 0 Å². The fourth-order valence-electron chi connectivity index (χ4n) is 3.10. The van der Waals surface area contributed by atoms with E-state index in [-0.39, 0.29) is 5.56 Å². The van der Waals surface area contributed by atoms with E-state index in [1.807, 2.05) is 13.8 Å². The maximum atomic E-state index is 12.1. The number of H-pyrrole nitrogens is 1. The molecule has 1 aromatic rings. The van der Waals surface area contributed by atoms with Gasteiger partial charge in [0.15, 0.2) is 0 Å². The number of nitrogens with two attached hydrogens (primary N) is 1. The largest absolute Gasteiger partial charge is 0.383 e. The van der Waals surface area contributed by atoms with E-state index in [9.17, 15) is 4.79 Å². The molecule has 0 aromatic carbocycles. The molecule has 5 heteroatoms. The van der Waals surface area contributed by atoms with Gasteiger partial charge < -0.3 is 15.5 Å². The first-order valence-corrected chi connectivity index (χ1v) is 7.66. The summed E-state index contributed by atoms with van der Waals surface area (Å²) in [7, 11) is 0. The maximum absolute atomic E-state index is 12.1. The van der Waals surface area contributed by atoms with Gasteiger partial charge in [-0.3, -0.25) is 4.79 Å². The van der Waals surface area contributed by atoms with E-state index in [1.165, 1.54) is 12.8 Å². The molecule has 0 atom stereocenters. The summed E-state index contributed by atoms with van der Waals surface area (Å²) >= 11 is 0. The summed E-state index contributed by atoms with van der Waals surface area (Å²) in [5.41, 5.74) is 5.92. The van der Waals surface area contributed by atoms with Crippen molar-refractivity contribution < 1.29 is 4.74 Å². The third-order valence-electron chi connectivity index (χ3n) is 4.16. The highest BCUT2D eigenvalue weighted by molar-refractivity contribution is 5.38. The lowest BCUT2D eigenvalue weighted by molar-refractivity contribution is -0.0625. The number of rotatable bonds is 4. The van der Waals surface area contributed by atoms with Crippen molar-refractivity contribution in [1.29, 1.82) is 0 Å². The number of aromatic nitrogens is 2. The zero-order valence-electron chi connectivity index (χ0n) is 12.5. The van der Waals surface area contributed by atoms with Crippen molar-refractivity contribution in [3.8, 4) is 0 Å². The molecule has 0 spiro atoms. The second-order valence-electron chi connectivity index (χ2n) is 5.47. The molecular formula is C15H25N3O2. The number of anilines is 1. The number of hydrogen-bond donors (Lipinski definition) is 2. The third kappa shape index (κ3) is 2.87. The van der Waals surface area contributed by atoms with Crippen LogP contribution in [0.15, 0.2) is 4.79 Å². The van der Waals surface area contributed by atoms with Gasteiger partial charge in [0, 0.05) is 6.61 Å². The molecule has 1 aliphatic carbocycles. The molecule has 5 nitrogen and oxygen atoms in total. The van der Waals surface area contributed by atoms with Crippen LogP contribution in [0.1, 0.15) is 63.8 Å². The van der Waals surface area contributed by atoms with E-state index < -0.39 is 5.60 Å². The Labute approximate surface area is 119 Å². The summed E-state index contributed by atoms with van der Waals surface area (Å²) in [6.07, 6.45) is 7.00. The minimum atomic E-state index is -0.467. The van der Waals surface area contributed by atoms with Gasteiger partial charge in [-0.15, -0.1) is 0 Å². The molecule has 1 heterocycles. The van der Waals surface area contributed by atoms with Crippen LogP contribution in [-0.4, -0.2) is 16.6 Å². The van der Waals surface area contributed by atoms with Gasteiger partial charge in [-0.05, 0) is 26.2 Å². The molecule has 1 fully saturated rings. The summed E-state index contributed by atoms with van der Waals surface area (Å²) in [5.74, 6) is 0.954.